The number of fused-ring (bicyclic) bond motifs is 1. The van der Waals surface area contributed by atoms with Crippen molar-refractivity contribution in [2.24, 2.45) is 5.73 Å². The number of amides is 1. The number of H-pyrrole nitrogens is 1. The molecule has 0 unspecified atom stereocenters. The van der Waals surface area contributed by atoms with Crippen LogP contribution in [0.1, 0.15) is 10.5 Å². The molecule has 5 heteroatoms. The Labute approximate surface area is 61.8 Å². The third-order valence-electron chi connectivity index (χ3n) is 1.46. The van der Waals surface area contributed by atoms with Crippen molar-refractivity contribution in [3.8, 4) is 0 Å². The van der Waals surface area contributed by atoms with Crippen LogP contribution in [-0.4, -0.2) is 20.7 Å². The number of primary amides is 1. The summed E-state index contributed by atoms with van der Waals surface area (Å²) in [6, 6.07) is 3.43. The maximum Gasteiger partial charge on any atom is 0.266 e. The molecule has 0 aliphatic carbocycles. The van der Waals surface area contributed by atoms with Gasteiger partial charge in [0.15, 0.2) is 0 Å². The molecule has 0 fully saturated rings. The Morgan fingerprint density at radius 2 is 2.55 bits per heavy atom. The molecule has 0 radical (unpaired) electrons. The number of nitrogens with zero attached hydrogens (tertiary/aromatic N) is 2. The van der Waals surface area contributed by atoms with Crippen molar-refractivity contribution >= 4 is 11.4 Å². The van der Waals surface area contributed by atoms with Gasteiger partial charge in [-0.2, -0.15) is 9.73 Å². The number of hydrogen-bond acceptors (Lipinski definition) is 2. The lowest BCUT2D eigenvalue weighted by Gasteiger charge is -1.84. The van der Waals surface area contributed by atoms with Gasteiger partial charge in [0, 0.05) is 0 Å². The van der Waals surface area contributed by atoms with E-state index >= 15 is 0 Å². The maximum absolute atomic E-state index is 10.6. The van der Waals surface area contributed by atoms with Crippen molar-refractivity contribution < 1.29 is 4.79 Å². The summed E-state index contributed by atoms with van der Waals surface area (Å²) < 4.78 is 1.49. The molecule has 0 saturated carbocycles. The smallest absolute Gasteiger partial charge is 0.266 e. The lowest BCUT2D eigenvalue weighted by atomic mass is 10.4. The highest BCUT2D eigenvalue weighted by Crippen LogP contribution is 2.02. The molecule has 11 heavy (non-hydrogen) atoms. The highest BCUT2D eigenvalue weighted by atomic mass is 16.1. The number of aromatic nitrogens is 3. The van der Waals surface area contributed by atoms with Crippen molar-refractivity contribution in [3.63, 3.8) is 0 Å². The number of aromatic amines is 1. The minimum absolute atomic E-state index is 0.369. The zero-order valence-electron chi connectivity index (χ0n) is 5.61. The van der Waals surface area contributed by atoms with Crippen LogP contribution in [0, 0.1) is 0 Å². The first-order chi connectivity index (χ1) is 5.27. The van der Waals surface area contributed by atoms with Crippen LogP contribution in [0.5, 0.6) is 0 Å². The third-order valence-corrected chi connectivity index (χ3v) is 1.46. The Hall–Kier alpha value is -1.78. The molecule has 5 nitrogen and oxygen atoms in total. The van der Waals surface area contributed by atoms with Gasteiger partial charge in [0.2, 0.25) is 0 Å². The van der Waals surface area contributed by atoms with Gasteiger partial charge in [0.05, 0.1) is 11.7 Å². The Balaban J connectivity index is 2.67. The highest BCUT2D eigenvalue weighted by Gasteiger charge is 2.04. The average molecular weight is 150 g/mol. The van der Waals surface area contributed by atoms with Gasteiger partial charge < -0.3 is 5.73 Å². The maximum atomic E-state index is 10.6. The van der Waals surface area contributed by atoms with Gasteiger partial charge in [0.25, 0.3) is 5.91 Å². The minimum atomic E-state index is -0.476. The fourth-order valence-corrected chi connectivity index (χ4v) is 0.937. The highest BCUT2D eigenvalue weighted by molar-refractivity contribution is 5.92. The molecule has 2 aromatic rings. The number of carbonyl (C=O) groups excluding carboxylic acids is 1. The third kappa shape index (κ3) is 0.778. The van der Waals surface area contributed by atoms with E-state index in [1.807, 2.05) is 0 Å². The van der Waals surface area contributed by atoms with E-state index in [1.54, 1.807) is 18.3 Å². The largest absolute Gasteiger partial charge is 0.364 e. The van der Waals surface area contributed by atoms with E-state index in [4.69, 9.17) is 5.73 Å². The molecule has 56 valence electrons. The van der Waals surface area contributed by atoms with Crippen LogP contribution in [-0.2, 0) is 0 Å². The van der Waals surface area contributed by atoms with Gasteiger partial charge in [0.1, 0.15) is 5.69 Å². The minimum Gasteiger partial charge on any atom is -0.364 e. The van der Waals surface area contributed by atoms with Crippen molar-refractivity contribution in [1.29, 1.82) is 0 Å². The molecule has 0 aromatic carbocycles. The summed E-state index contributed by atoms with van der Waals surface area (Å²) in [6.45, 7) is 0. The Morgan fingerprint density at radius 1 is 1.73 bits per heavy atom. The first-order valence-corrected chi connectivity index (χ1v) is 3.10. The quantitative estimate of drug-likeness (QED) is 0.588. The van der Waals surface area contributed by atoms with E-state index in [9.17, 15) is 4.79 Å². The molecule has 0 aliphatic rings. The van der Waals surface area contributed by atoms with Crippen molar-refractivity contribution in [1.82, 2.24) is 14.8 Å². The molecule has 0 aliphatic heterocycles. The molecule has 3 N–H and O–H groups in total. The number of hydrogen-bond donors (Lipinski definition) is 2. The van der Waals surface area contributed by atoms with Crippen LogP contribution < -0.4 is 5.73 Å². The average Bonchev–Trinajstić information content (AvgIpc) is 2.40. The summed E-state index contributed by atoms with van der Waals surface area (Å²) in [6.07, 6.45) is 1.64. The molecular formula is C6H6N4O. The monoisotopic (exact) mass is 150 g/mol. The van der Waals surface area contributed by atoms with Crippen LogP contribution in [0.3, 0.4) is 0 Å². The summed E-state index contributed by atoms with van der Waals surface area (Å²) in [7, 11) is 0. The molecule has 0 saturated heterocycles. The molecule has 0 atom stereocenters. The molecule has 2 heterocycles. The van der Waals surface area contributed by atoms with Gasteiger partial charge in [-0.05, 0) is 12.1 Å². The fourth-order valence-electron chi connectivity index (χ4n) is 0.937. The van der Waals surface area contributed by atoms with Crippen molar-refractivity contribution in [2.75, 3.05) is 0 Å². The van der Waals surface area contributed by atoms with Gasteiger partial charge in [-0.15, -0.1) is 0 Å². The predicted molar refractivity (Wildman–Crippen MR) is 38.1 cm³/mol. The van der Waals surface area contributed by atoms with E-state index < -0.39 is 5.91 Å². The first-order valence-electron chi connectivity index (χ1n) is 3.10. The van der Waals surface area contributed by atoms with Gasteiger partial charge >= 0.3 is 0 Å². The van der Waals surface area contributed by atoms with E-state index in [1.165, 1.54) is 4.63 Å². The zero-order valence-corrected chi connectivity index (χ0v) is 5.61. The van der Waals surface area contributed by atoms with Gasteiger partial charge in [-0.3, -0.25) is 9.89 Å². The number of nitrogens with two attached hydrogens (primary N) is 1. The fraction of sp³-hybridized carbons (Fsp3) is 0. The van der Waals surface area contributed by atoms with E-state index in [2.05, 4.69) is 10.2 Å². The number of rotatable bonds is 1. The molecule has 1 amide bonds. The first kappa shape index (κ1) is 5.96. The molecule has 2 rings (SSSR count). The van der Waals surface area contributed by atoms with Crippen LogP contribution in [0.15, 0.2) is 18.3 Å². The van der Waals surface area contributed by atoms with Gasteiger partial charge in [-0.25, -0.2) is 0 Å². The lowest BCUT2D eigenvalue weighted by molar-refractivity contribution is 0.0995. The summed E-state index contributed by atoms with van der Waals surface area (Å²) in [5.41, 5.74) is 6.23. The van der Waals surface area contributed by atoms with Gasteiger partial charge in [-0.1, -0.05) is 0 Å². The normalized spacial score (nSPS) is 10.5. The standard InChI is InChI=1S/C6H6N4O/c7-6(11)5-3-4-1-2-8-10(4)9-5/h1-3,9H,(H2,7,11). The Morgan fingerprint density at radius 3 is 3.18 bits per heavy atom. The Bertz CT molecular complexity index is 371. The molecule has 0 bridgehead atoms. The van der Waals surface area contributed by atoms with Crippen LogP contribution >= 0.6 is 0 Å². The lowest BCUT2D eigenvalue weighted by Crippen LogP contribution is -2.11. The summed E-state index contributed by atoms with van der Waals surface area (Å²) in [5, 5.41) is 6.58. The second-order valence-corrected chi connectivity index (χ2v) is 2.20. The summed E-state index contributed by atoms with van der Waals surface area (Å²) in [5.74, 6) is -0.476. The van der Waals surface area contributed by atoms with E-state index in [0.717, 1.165) is 5.52 Å². The molecule has 0 spiro atoms. The number of nitrogens with one attached hydrogen (secondary N) is 1. The summed E-state index contributed by atoms with van der Waals surface area (Å²) in [4.78, 5) is 10.6. The topological polar surface area (TPSA) is 76.2 Å². The van der Waals surface area contributed by atoms with Crippen LogP contribution in [0.4, 0.5) is 0 Å². The van der Waals surface area contributed by atoms with Crippen LogP contribution in [0.25, 0.3) is 5.52 Å². The SMILES string of the molecule is NC(=O)c1cc2ccnn2[nH]1. The molecule has 2 aromatic heterocycles. The number of carbonyl (C=O) groups is 1. The Kier molecular flexibility index (Phi) is 1.00. The van der Waals surface area contributed by atoms with Crippen LogP contribution in [0.2, 0.25) is 0 Å². The van der Waals surface area contributed by atoms with Crippen molar-refractivity contribution in [2.45, 2.75) is 0 Å². The summed E-state index contributed by atoms with van der Waals surface area (Å²) >= 11 is 0. The second-order valence-electron chi connectivity index (χ2n) is 2.20. The molecular weight excluding hydrogens is 144 g/mol. The second kappa shape index (κ2) is 1.85. The van der Waals surface area contributed by atoms with E-state index in [0.29, 0.717) is 5.69 Å². The zero-order chi connectivity index (χ0) is 7.84. The van der Waals surface area contributed by atoms with E-state index in [-0.39, 0.29) is 0 Å². The van der Waals surface area contributed by atoms with Crippen molar-refractivity contribution in [3.05, 3.63) is 24.0 Å². The predicted octanol–water partition coefficient (Wildman–Crippen LogP) is -0.239.